The van der Waals surface area contributed by atoms with E-state index in [1.54, 1.807) is 55.6 Å². The standard InChI is InChI=1S/C21H25N3O4/c1-28-18-10-6-15(7-11-18)19(25)14-22-21(27)23-17-8-4-16(5-9-17)20(26)24-12-2-3-13-24/h4-11,19,25H,2-3,12-14H2,1H3,(H2,22,23,27). The third-order valence-electron chi connectivity index (χ3n) is 4.74. The quantitative estimate of drug-likeness (QED) is 0.715. The number of aliphatic hydroxyl groups excluding tert-OH is 1. The second-order valence-corrected chi connectivity index (χ2v) is 6.70. The minimum absolute atomic E-state index is 0.0242. The van der Waals surface area contributed by atoms with Gasteiger partial charge in [0, 0.05) is 30.9 Å². The molecule has 1 aliphatic rings. The summed E-state index contributed by atoms with van der Waals surface area (Å²) in [6, 6.07) is 13.4. The summed E-state index contributed by atoms with van der Waals surface area (Å²) >= 11 is 0. The van der Waals surface area contributed by atoms with E-state index in [4.69, 9.17) is 4.74 Å². The van der Waals surface area contributed by atoms with E-state index in [9.17, 15) is 14.7 Å². The third kappa shape index (κ3) is 5.01. The van der Waals surface area contributed by atoms with E-state index in [2.05, 4.69) is 10.6 Å². The summed E-state index contributed by atoms with van der Waals surface area (Å²) in [5.41, 5.74) is 1.88. The number of methoxy groups -OCH3 is 1. The normalized spacial score (nSPS) is 14.4. The maximum absolute atomic E-state index is 12.3. The van der Waals surface area contributed by atoms with Gasteiger partial charge in [0.2, 0.25) is 0 Å². The Morgan fingerprint density at radius 1 is 1.07 bits per heavy atom. The van der Waals surface area contributed by atoms with Crippen molar-refractivity contribution in [3.8, 4) is 5.75 Å². The van der Waals surface area contributed by atoms with Crippen LogP contribution >= 0.6 is 0 Å². The second-order valence-electron chi connectivity index (χ2n) is 6.70. The first-order valence-corrected chi connectivity index (χ1v) is 9.33. The van der Waals surface area contributed by atoms with Crippen molar-refractivity contribution in [1.82, 2.24) is 10.2 Å². The molecule has 1 aliphatic heterocycles. The van der Waals surface area contributed by atoms with Crippen molar-refractivity contribution in [3.05, 3.63) is 59.7 Å². The first kappa shape index (κ1) is 19.7. The highest BCUT2D eigenvalue weighted by Crippen LogP contribution is 2.18. The highest BCUT2D eigenvalue weighted by Gasteiger charge is 2.19. The molecule has 1 fully saturated rings. The van der Waals surface area contributed by atoms with E-state index in [1.165, 1.54) is 0 Å². The van der Waals surface area contributed by atoms with Crippen LogP contribution in [0.25, 0.3) is 0 Å². The van der Waals surface area contributed by atoms with E-state index in [1.807, 2.05) is 4.90 Å². The van der Waals surface area contributed by atoms with Crippen molar-refractivity contribution in [3.63, 3.8) is 0 Å². The van der Waals surface area contributed by atoms with Crippen LogP contribution in [-0.2, 0) is 0 Å². The molecule has 7 heteroatoms. The van der Waals surface area contributed by atoms with E-state index >= 15 is 0 Å². The molecule has 0 bridgehead atoms. The molecule has 7 nitrogen and oxygen atoms in total. The van der Waals surface area contributed by atoms with E-state index in [0.717, 1.165) is 25.9 Å². The molecule has 2 aromatic rings. The van der Waals surface area contributed by atoms with Crippen LogP contribution in [0.4, 0.5) is 10.5 Å². The minimum atomic E-state index is -0.822. The molecule has 0 radical (unpaired) electrons. The van der Waals surface area contributed by atoms with Gasteiger partial charge in [-0.25, -0.2) is 4.79 Å². The fourth-order valence-electron chi connectivity index (χ4n) is 3.11. The van der Waals surface area contributed by atoms with Crippen LogP contribution in [0, 0.1) is 0 Å². The summed E-state index contributed by atoms with van der Waals surface area (Å²) in [6.07, 6.45) is 1.28. The number of ether oxygens (including phenoxy) is 1. The average Bonchev–Trinajstić information content (AvgIpc) is 3.27. The Bertz CT molecular complexity index is 799. The minimum Gasteiger partial charge on any atom is -0.497 e. The van der Waals surface area contributed by atoms with Gasteiger partial charge in [0.15, 0.2) is 0 Å². The zero-order chi connectivity index (χ0) is 19.9. The Hall–Kier alpha value is -3.06. The Morgan fingerprint density at radius 2 is 1.71 bits per heavy atom. The summed E-state index contributed by atoms with van der Waals surface area (Å²) < 4.78 is 5.08. The predicted octanol–water partition coefficient (Wildman–Crippen LogP) is 2.79. The number of nitrogens with zero attached hydrogens (tertiary/aromatic N) is 1. The number of anilines is 1. The maximum atomic E-state index is 12.3. The molecule has 0 aromatic heterocycles. The number of carbonyl (C=O) groups excluding carboxylic acids is 2. The van der Waals surface area contributed by atoms with Crippen LogP contribution in [0.1, 0.15) is 34.9 Å². The van der Waals surface area contributed by atoms with Gasteiger partial charge in [-0.2, -0.15) is 0 Å². The van der Waals surface area contributed by atoms with Gasteiger partial charge >= 0.3 is 6.03 Å². The number of likely N-dealkylation sites (tertiary alicyclic amines) is 1. The van der Waals surface area contributed by atoms with Crippen LogP contribution in [0.15, 0.2) is 48.5 Å². The van der Waals surface area contributed by atoms with Gasteiger partial charge < -0.3 is 25.4 Å². The number of hydrogen-bond donors (Lipinski definition) is 3. The van der Waals surface area contributed by atoms with Crippen molar-refractivity contribution in [2.24, 2.45) is 0 Å². The van der Waals surface area contributed by atoms with Crippen LogP contribution in [-0.4, -0.2) is 48.7 Å². The largest absolute Gasteiger partial charge is 0.497 e. The van der Waals surface area contributed by atoms with Gasteiger partial charge in [-0.1, -0.05) is 12.1 Å². The number of benzene rings is 2. The van der Waals surface area contributed by atoms with Gasteiger partial charge in [-0.3, -0.25) is 4.79 Å². The number of hydrogen-bond acceptors (Lipinski definition) is 4. The molecular formula is C21H25N3O4. The molecule has 2 aromatic carbocycles. The topological polar surface area (TPSA) is 90.9 Å². The van der Waals surface area contributed by atoms with Crippen molar-refractivity contribution >= 4 is 17.6 Å². The van der Waals surface area contributed by atoms with E-state index < -0.39 is 12.1 Å². The molecule has 1 unspecified atom stereocenters. The number of nitrogens with one attached hydrogen (secondary N) is 2. The molecule has 0 saturated carbocycles. The lowest BCUT2D eigenvalue weighted by molar-refractivity contribution is 0.0793. The van der Waals surface area contributed by atoms with Gasteiger partial charge in [-0.05, 0) is 54.8 Å². The van der Waals surface area contributed by atoms with E-state index in [0.29, 0.717) is 22.6 Å². The van der Waals surface area contributed by atoms with Crippen LogP contribution in [0.5, 0.6) is 5.75 Å². The fraction of sp³-hybridized carbons (Fsp3) is 0.333. The molecule has 0 aliphatic carbocycles. The number of amides is 3. The highest BCUT2D eigenvalue weighted by atomic mass is 16.5. The number of carbonyl (C=O) groups is 2. The Kier molecular flexibility index (Phi) is 6.49. The fourth-order valence-corrected chi connectivity index (χ4v) is 3.11. The molecule has 0 spiro atoms. The van der Waals surface area contributed by atoms with Crippen LogP contribution < -0.4 is 15.4 Å². The SMILES string of the molecule is COc1ccc(C(O)CNC(=O)Nc2ccc(C(=O)N3CCCC3)cc2)cc1. The van der Waals surface area contributed by atoms with Gasteiger partial charge in [0.05, 0.1) is 13.2 Å². The predicted molar refractivity (Wildman–Crippen MR) is 107 cm³/mol. The average molecular weight is 383 g/mol. The number of rotatable bonds is 6. The molecule has 3 N–H and O–H groups in total. The third-order valence-corrected chi connectivity index (χ3v) is 4.74. The maximum Gasteiger partial charge on any atom is 0.319 e. The molecule has 28 heavy (non-hydrogen) atoms. The first-order chi connectivity index (χ1) is 13.6. The Balaban J connectivity index is 1.48. The Morgan fingerprint density at radius 3 is 2.32 bits per heavy atom. The molecule has 3 amide bonds. The molecule has 1 saturated heterocycles. The van der Waals surface area contributed by atoms with Crippen molar-refractivity contribution in [1.29, 1.82) is 0 Å². The number of urea groups is 1. The summed E-state index contributed by atoms with van der Waals surface area (Å²) in [5.74, 6) is 0.726. The summed E-state index contributed by atoms with van der Waals surface area (Å²) in [4.78, 5) is 26.2. The summed E-state index contributed by atoms with van der Waals surface area (Å²) in [7, 11) is 1.58. The second kappa shape index (κ2) is 9.23. The van der Waals surface area contributed by atoms with Crippen LogP contribution in [0.2, 0.25) is 0 Å². The summed E-state index contributed by atoms with van der Waals surface area (Å²) in [6.45, 7) is 1.68. The molecule has 148 valence electrons. The lowest BCUT2D eigenvalue weighted by Crippen LogP contribution is -2.32. The van der Waals surface area contributed by atoms with E-state index in [-0.39, 0.29) is 12.5 Å². The smallest absolute Gasteiger partial charge is 0.319 e. The van der Waals surface area contributed by atoms with Crippen molar-refractivity contribution < 1.29 is 19.4 Å². The molecule has 3 rings (SSSR count). The molecular weight excluding hydrogens is 358 g/mol. The first-order valence-electron chi connectivity index (χ1n) is 9.33. The van der Waals surface area contributed by atoms with Gasteiger partial charge in [-0.15, -0.1) is 0 Å². The highest BCUT2D eigenvalue weighted by molar-refractivity contribution is 5.95. The zero-order valence-corrected chi connectivity index (χ0v) is 15.9. The Labute approximate surface area is 164 Å². The van der Waals surface area contributed by atoms with Crippen molar-refractivity contribution in [2.75, 3.05) is 32.1 Å². The van der Waals surface area contributed by atoms with Gasteiger partial charge in [0.25, 0.3) is 5.91 Å². The zero-order valence-electron chi connectivity index (χ0n) is 15.9. The van der Waals surface area contributed by atoms with Gasteiger partial charge in [0.1, 0.15) is 5.75 Å². The lowest BCUT2D eigenvalue weighted by atomic mass is 10.1. The monoisotopic (exact) mass is 383 g/mol. The van der Waals surface area contributed by atoms with Crippen LogP contribution in [0.3, 0.4) is 0 Å². The number of aliphatic hydroxyl groups is 1. The lowest BCUT2D eigenvalue weighted by Gasteiger charge is -2.16. The molecule has 1 atom stereocenters. The summed E-state index contributed by atoms with van der Waals surface area (Å²) in [5, 5.41) is 15.5. The molecule has 1 heterocycles. The van der Waals surface area contributed by atoms with Crippen molar-refractivity contribution in [2.45, 2.75) is 18.9 Å².